The molecule has 0 unspecified atom stereocenters. The van der Waals surface area contributed by atoms with Crippen LogP contribution in [0.5, 0.6) is 0 Å². The number of benzene rings is 2. The lowest BCUT2D eigenvalue weighted by Crippen LogP contribution is -2.10. The molecule has 0 fully saturated rings. The highest BCUT2D eigenvalue weighted by Crippen LogP contribution is 2.23. The Morgan fingerprint density at radius 3 is 2.00 bits per heavy atom. The predicted molar refractivity (Wildman–Crippen MR) is 70.2 cm³/mol. The van der Waals surface area contributed by atoms with Gasteiger partial charge in [-0.2, -0.15) is 0 Å². The minimum absolute atomic E-state index is 0.264. The highest BCUT2D eigenvalue weighted by atomic mass is 35.5. The average molecular weight is 245 g/mol. The van der Waals surface area contributed by atoms with Gasteiger partial charge >= 0.3 is 0 Å². The average Bonchev–Trinajstić information content (AvgIpc) is 2.38. The fourth-order valence-electron chi connectivity index (χ4n) is 1.86. The van der Waals surface area contributed by atoms with Crippen LogP contribution in [0.25, 0.3) is 0 Å². The van der Waals surface area contributed by atoms with Gasteiger partial charge in [-0.3, -0.25) is 4.79 Å². The van der Waals surface area contributed by atoms with Crippen LogP contribution in [0.1, 0.15) is 17.0 Å². The van der Waals surface area contributed by atoms with Crippen LogP contribution in [-0.2, 0) is 11.2 Å². The second kappa shape index (κ2) is 5.65. The van der Waals surface area contributed by atoms with Crippen molar-refractivity contribution in [1.29, 1.82) is 0 Å². The van der Waals surface area contributed by atoms with Crippen molar-refractivity contribution in [1.82, 2.24) is 0 Å². The van der Waals surface area contributed by atoms with Gasteiger partial charge < -0.3 is 0 Å². The second-order valence-corrected chi connectivity index (χ2v) is 4.33. The first-order valence-corrected chi connectivity index (χ1v) is 5.93. The van der Waals surface area contributed by atoms with Gasteiger partial charge in [-0.15, -0.1) is 0 Å². The molecule has 0 spiro atoms. The molecular weight excluding hydrogens is 232 g/mol. The highest BCUT2D eigenvalue weighted by Gasteiger charge is 2.18. The lowest BCUT2D eigenvalue weighted by molar-refractivity contribution is -0.113. The maximum Gasteiger partial charge on any atom is 0.229 e. The molecule has 0 heterocycles. The summed E-state index contributed by atoms with van der Waals surface area (Å²) in [7, 11) is 0. The zero-order valence-electron chi connectivity index (χ0n) is 9.34. The van der Waals surface area contributed by atoms with Crippen molar-refractivity contribution in [2.75, 3.05) is 0 Å². The van der Waals surface area contributed by atoms with Crippen LogP contribution >= 0.6 is 11.6 Å². The van der Waals surface area contributed by atoms with Gasteiger partial charge in [0.05, 0.1) is 5.92 Å². The molecule has 0 aliphatic carbocycles. The van der Waals surface area contributed by atoms with E-state index in [1.807, 2.05) is 60.7 Å². The number of rotatable bonds is 4. The van der Waals surface area contributed by atoms with E-state index in [1.54, 1.807) is 0 Å². The van der Waals surface area contributed by atoms with Crippen LogP contribution in [0.15, 0.2) is 60.7 Å². The first-order valence-electron chi connectivity index (χ1n) is 5.55. The number of hydrogen-bond acceptors (Lipinski definition) is 1. The summed E-state index contributed by atoms with van der Waals surface area (Å²) < 4.78 is 0. The van der Waals surface area contributed by atoms with Crippen molar-refractivity contribution in [3.05, 3.63) is 71.8 Å². The van der Waals surface area contributed by atoms with Crippen molar-refractivity contribution < 1.29 is 4.79 Å². The van der Waals surface area contributed by atoms with E-state index in [4.69, 9.17) is 11.6 Å². The molecule has 2 rings (SSSR count). The van der Waals surface area contributed by atoms with E-state index in [9.17, 15) is 4.79 Å². The number of carbonyl (C=O) groups excluding carboxylic acids is 1. The molecule has 17 heavy (non-hydrogen) atoms. The maximum atomic E-state index is 11.5. The topological polar surface area (TPSA) is 17.1 Å². The van der Waals surface area contributed by atoms with E-state index in [0.29, 0.717) is 6.42 Å². The lowest BCUT2D eigenvalue weighted by atomic mass is 9.93. The summed E-state index contributed by atoms with van der Waals surface area (Å²) >= 11 is 5.69. The highest BCUT2D eigenvalue weighted by molar-refractivity contribution is 6.64. The Morgan fingerprint density at radius 2 is 1.47 bits per heavy atom. The van der Waals surface area contributed by atoms with Gasteiger partial charge in [0.15, 0.2) is 0 Å². The maximum absolute atomic E-state index is 11.5. The van der Waals surface area contributed by atoms with Crippen molar-refractivity contribution in [3.8, 4) is 0 Å². The minimum Gasteiger partial charge on any atom is -0.281 e. The molecule has 2 aromatic rings. The molecule has 0 N–H and O–H groups in total. The predicted octanol–water partition coefficient (Wildman–Crippen LogP) is 3.78. The molecule has 0 amide bonds. The van der Waals surface area contributed by atoms with Crippen molar-refractivity contribution in [2.45, 2.75) is 12.3 Å². The number of halogens is 1. The number of hydrogen-bond donors (Lipinski definition) is 0. The third kappa shape index (κ3) is 3.18. The van der Waals surface area contributed by atoms with Crippen LogP contribution in [0, 0.1) is 0 Å². The van der Waals surface area contributed by atoms with Crippen LogP contribution in [0.4, 0.5) is 0 Å². The second-order valence-electron chi connectivity index (χ2n) is 3.96. The Balaban J connectivity index is 2.23. The molecule has 0 aliphatic heterocycles. The standard InChI is InChI=1S/C15H13ClO/c16-15(17)14(13-9-5-2-6-10-13)11-12-7-3-1-4-8-12/h1-10,14H,11H2/t14-/m0/s1. The summed E-state index contributed by atoms with van der Waals surface area (Å²) in [6, 6.07) is 19.6. The molecule has 0 aromatic heterocycles. The van der Waals surface area contributed by atoms with Gasteiger partial charge in [-0.05, 0) is 29.1 Å². The van der Waals surface area contributed by atoms with Gasteiger partial charge in [0.1, 0.15) is 0 Å². The van der Waals surface area contributed by atoms with Crippen LogP contribution < -0.4 is 0 Å². The van der Waals surface area contributed by atoms with Gasteiger partial charge in [0.25, 0.3) is 0 Å². The van der Waals surface area contributed by atoms with E-state index in [0.717, 1.165) is 11.1 Å². The molecule has 2 heteroatoms. The van der Waals surface area contributed by atoms with Gasteiger partial charge in [-0.1, -0.05) is 60.7 Å². The van der Waals surface area contributed by atoms with E-state index >= 15 is 0 Å². The Hall–Kier alpha value is -1.60. The molecule has 0 bridgehead atoms. The molecule has 1 atom stereocenters. The van der Waals surface area contributed by atoms with Gasteiger partial charge in [0, 0.05) is 0 Å². The Morgan fingerprint density at radius 1 is 0.941 bits per heavy atom. The first kappa shape index (κ1) is 11.9. The zero-order valence-corrected chi connectivity index (χ0v) is 10.1. The fraction of sp³-hybridized carbons (Fsp3) is 0.133. The number of carbonyl (C=O) groups is 1. The molecule has 1 nitrogen and oxygen atoms in total. The molecule has 2 aromatic carbocycles. The third-order valence-corrected chi connectivity index (χ3v) is 3.02. The summed E-state index contributed by atoms with van der Waals surface area (Å²) in [5, 5.41) is -0.306. The van der Waals surface area contributed by atoms with Crippen molar-refractivity contribution in [3.63, 3.8) is 0 Å². The minimum atomic E-state index is -0.306. The third-order valence-electron chi connectivity index (χ3n) is 2.76. The summed E-state index contributed by atoms with van der Waals surface area (Å²) in [5.41, 5.74) is 2.09. The van der Waals surface area contributed by atoms with Crippen LogP contribution in [-0.4, -0.2) is 5.24 Å². The lowest BCUT2D eigenvalue weighted by Gasteiger charge is -2.12. The summed E-state index contributed by atoms with van der Waals surface area (Å²) in [6.45, 7) is 0. The summed E-state index contributed by atoms with van der Waals surface area (Å²) in [4.78, 5) is 11.5. The van der Waals surface area contributed by atoms with Crippen molar-refractivity contribution in [2.24, 2.45) is 0 Å². The van der Waals surface area contributed by atoms with Gasteiger partial charge in [-0.25, -0.2) is 0 Å². The van der Waals surface area contributed by atoms with E-state index < -0.39 is 0 Å². The Labute approximate surface area is 106 Å². The first-order chi connectivity index (χ1) is 8.27. The van der Waals surface area contributed by atoms with Crippen molar-refractivity contribution >= 4 is 16.8 Å². The molecule has 0 saturated carbocycles. The molecule has 0 saturated heterocycles. The normalized spacial score (nSPS) is 12.1. The van der Waals surface area contributed by atoms with E-state index in [1.165, 1.54) is 0 Å². The smallest absolute Gasteiger partial charge is 0.229 e. The summed E-state index contributed by atoms with van der Waals surface area (Å²) in [6.07, 6.45) is 0.646. The van der Waals surface area contributed by atoms with Gasteiger partial charge in [0.2, 0.25) is 5.24 Å². The molecule has 86 valence electrons. The molecular formula is C15H13ClO. The SMILES string of the molecule is O=C(Cl)[C@@H](Cc1ccccc1)c1ccccc1. The fourth-order valence-corrected chi connectivity index (χ4v) is 2.07. The zero-order chi connectivity index (χ0) is 12.1. The van der Waals surface area contributed by atoms with E-state index in [2.05, 4.69) is 0 Å². The largest absolute Gasteiger partial charge is 0.281 e. The quantitative estimate of drug-likeness (QED) is 0.748. The Kier molecular flexibility index (Phi) is 3.94. The summed E-state index contributed by atoms with van der Waals surface area (Å²) in [5.74, 6) is -0.264. The monoisotopic (exact) mass is 244 g/mol. The van der Waals surface area contributed by atoms with Crippen LogP contribution in [0.3, 0.4) is 0 Å². The Bertz CT molecular complexity index is 479. The molecule has 0 radical (unpaired) electrons. The van der Waals surface area contributed by atoms with E-state index in [-0.39, 0.29) is 11.2 Å². The van der Waals surface area contributed by atoms with Crippen LogP contribution in [0.2, 0.25) is 0 Å². The molecule has 0 aliphatic rings.